The minimum atomic E-state index is -1.13. The average molecular weight is 532 g/mol. The highest BCUT2D eigenvalue weighted by molar-refractivity contribution is 7.98. The Balaban J connectivity index is 5.41. The van der Waals surface area contributed by atoms with Gasteiger partial charge >= 0.3 is 5.97 Å². The fourth-order valence-corrected chi connectivity index (χ4v) is 3.82. The lowest BCUT2D eigenvalue weighted by Gasteiger charge is -2.27. The molecule has 5 atom stereocenters. The van der Waals surface area contributed by atoms with Crippen LogP contribution in [-0.4, -0.2) is 77.5 Å². The zero-order chi connectivity index (χ0) is 27.8. The zero-order valence-electron chi connectivity index (χ0n) is 22.1. The highest BCUT2D eigenvalue weighted by atomic mass is 32.2. The predicted molar refractivity (Wildman–Crippen MR) is 143 cm³/mol. The normalized spacial score (nSPS) is 15.2. The molecule has 0 aromatic carbocycles. The Hall–Kier alpha value is -2.54. The fourth-order valence-electron chi connectivity index (χ4n) is 3.35. The molecule has 0 aliphatic carbocycles. The lowest BCUT2D eigenvalue weighted by atomic mass is 9.97. The number of aliphatic imine (C=N–C) groups is 1. The molecule has 0 heterocycles. The summed E-state index contributed by atoms with van der Waals surface area (Å²) in [5.41, 5.74) is 16.5. The van der Waals surface area contributed by atoms with Crippen molar-refractivity contribution in [3.63, 3.8) is 0 Å². The molecule has 0 aromatic rings. The Morgan fingerprint density at radius 2 is 1.53 bits per heavy atom. The van der Waals surface area contributed by atoms with Gasteiger partial charge in [0.15, 0.2) is 5.96 Å². The van der Waals surface area contributed by atoms with Crippen LogP contribution in [0.25, 0.3) is 0 Å². The van der Waals surface area contributed by atoms with E-state index in [1.165, 1.54) is 11.8 Å². The summed E-state index contributed by atoms with van der Waals surface area (Å²) >= 11 is 1.51. The number of carboxylic acid groups (broad SMARTS) is 1. The standard InChI is InChI=1S/C23H45N7O5S/c1-6-14(4)18(22(34)35)30-21(33)17(12-13(2)3)29-20(32)16(9-11-36-5)28-19(31)15(24)8-7-10-27-23(25)26/h13-18H,6-12,24H2,1-5H3,(H,28,31)(H,29,32)(H,30,33)(H,34,35)(H4,25,26,27). The Labute approximate surface area is 218 Å². The molecule has 36 heavy (non-hydrogen) atoms. The zero-order valence-corrected chi connectivity index (χ0v) is 22.9. The summed E-state index contributed by atoms with van der Waals surface area (Å²) < 4.78 is 0. The molecule has 0 aliphatic rings. The lowest BCUT2D eigenvalue weighted by molar-refractivity contribution is -0.144. The molecule has 3 amide bonds. The summed E-state index contributed by atoms with van der Waals surface area (Å²) in [4.78, 5) is 54.2. The van der Waals surface area contributed by atoms with Crippen LogP contribution < -0.4 is 33.2 Å². The second kappa shape index (κ2) is 17.8. The van der Waals surface area contributed by atoms with Gasteiger partial charge in [0.25, 0.3) is 0 Å². The summed E-state index contributed by atoms with van der Waals surface area (Å²) in [5.74, 6) is -2.42. The molecule has 0 saturated heterocycles. The van der Waals surface area contributed by atoms with Crippen LogP contribution in [0, 0.1) is 11.8 Å². The largest absolute Gasteiger partial charge is 0.480 e. The van der Waals surface area contributed by atoms with Crippen molar-refractivity contribution in [2.24, 2.45) is 34.0 Å². The Morgan fingerprint density at radius 1 is 0.944 bits per heavy atom. The third-order valence-corrected chi connectivity index (χ3v) is 6.31. The van der Waals surface area contributed by atoms with Gasteiger partial charge < -0.3 is 38.3 Å². The number of aliphatic carboxylic acids is 1. The minimum absolute atomic E-state index is 0.0411. The molecule has 0 bridgehead atoms. The van der Waals surface area contributed by atoms with E-state index in [-0.39, 0.29) is 17.8 Å². The Morgan fingerprint density at radius 3 is 2.03 bits per heavy atom. The third kappa shape index (κ3) is 13.5. The van der Waals surface area contributed by atoms with Crippen LogP contribution in [0.2, 0.25) is 0 Å². The van der Waals surface area contributed by atoms with Gasteiger partial charge in [0.05, 0.1) is 6.04 Å². The maximum Gasteiger partial charge on any atom is 0.326 e. The molecule has 12 nitrogen and oxygen atoms in total. The fraction of sp³-hybridized carbons (Fsp3) is 0.783. The second-order valence-corrected chi connectivity index (χ2v) is 10.3. The van der Waals surface area contributed by atoms with Gasteiger partial charge in [-0.3, -0.25) is 19.4 Å². The van der Waals surface area contributed by atoms with Crippen LogP contribution in [-0.2, 0) is 19.2 Å². The highest BCUT2D eigenvalue weighted by Gasteiger charge is 2.32. The van der Waals surface area contributed by atoms with E-state index in [9.17, 15) is 24.3 Å². The summed E-state index contributed by atoms with van der Waals surface area (Å²) in [5, 5.41) is 17.5. The van der Waals surface area contributed by atoms with Crippen LogP contribution >= 0.6 is 11.8 Å². The SMILES string of the molecule is CCC(C)C(NC(=O)C(CC(C)C)NC(=O)C(CCSC)NC(=O)C(N)CCCN=C(N)N)C(=O)O. The first-order valence-corrected chi connectivity index (χ1v) is 13.7. The summed E-state index contributed by atoms with van der Waals surface area (Å²) in [6.45, 7) is 7.70. The topological polar surface area (TPSA) is 215 Å². The van der Waals surface area contributed by atoms with Crippen molar-refractivity contribution in [2.45, 2.75) is 84.0 Å². The van der Waals surface area contributed by atoms with E-state index < -0.39 is 47.9 Å². The molecular formula is C23H45N7O5S. The quantitative estimate of drug-likeness (QED) is 0.0704. The van der Waals surface area contributed by atoms with Gasteiger partial charge in [-0.2, -0.15) is 11.8 Å². The number of nitrogens with one attached hydrogen (secondary N) is 3. The molecular weight excluding hydrogens is 486 g/mol. The van der Waals surface area contributed by atoms with Crippen molar-refractivity contribution < 1.29 is 24.3 Å². The van der Waals surface area contributed by atoms with Gasteiger partial charge in [-0.25, -0.2) is 4.79 Å². The van der Waals surface area contributed by atoms with Gasteiger partial charge in [0.2, 0.25) is 17.7 Å². The van der Waals surface area contributed by atoms with Gasteiger partial charge in [-0.15, -0.1) is 0 Å². The molecule has 208 valence electrons. The first-order valence-electron chi connectivity index (χ1n) is 12.3. The number of nitrogens with two attached hydrogens (primary N) is 3. The van der Waals surface area contributed by atoms with E-state index in [4.69, 9.17) is 17.2 Å². The van der Waals surface area contributed by atoms with E-state index >= 15 is 0 Å². The number of rotatable bonds is 18. The minimum Gasteiger partial charge on any atom is -0.480 e. The van der Waals surface area contributed by atoms with E-state index in [0.717, 1.165) is 0 Å². The molecule has 0 aromatic heterocycles. The van der Waals surface area contributed by atoms with Crippen LogP contribution in [0.5, 0.6) is 0 Å². The van der Waals surface area contributed by atoms with E-state index in [1.807, 2.05) is 27.0 Å². The first-order chi connectivity index (χ1) is 16.8. The van der Waals surface area contributed by atoms with E-state index in [1.54, 1.807) is 6.92 Å². The van der Waals surface area contributed by atoms with Crippen LogP contribution in [0.3, 0.4) is 0 Å². The number of carbonyl (C=O) groups is 4. The van der Waals surface area contributed by atoms with Crippen molar-refractivity contribution in [1.29, 1.82) is 0 Å². The Bertz CT molecular complexity index is 746. The number of nitrogens with zero attached hydrogens (tertiary/aromatic N) is 1. The van der Waals surface area contributed by atoms with Crippen LogP contribution in [0.4, 0.5) is 0 Å². The molecule has 0 rings (SSSR count). The molecule has 0 fully saturated rings. The maximum absolute atomic E-state index is 13.1. The molecule has 10 N–H and O–H groups in total. The summed E-state index contributed by atoms with van der Waals surface area (Å²) in [6, 6.07) is -3.78. The van der Waals surface area contributed by atoms with Crippen molar-refractivity contribution in [1.82, 2.24) is 16.0 Å². The number of guanidine groups is 1. The summed E-state index contributed by atoms with van der Waals surface area (Å²) in [7, 11) is 0. The van der Waals surface area contributed by atoms with Crippen LogP contribution in [0.15, 0.2) is 4.99 Å². The van der Waals surface area contributed by atoms with Gasteiger partial charge in [-0.1, -0.05) is 34.1 Å². The first kappa shape index (κ1) is 33.5. The molecule has 0 saturated carbocycles. The third-order valence-electron chi connectivity index (χ3n) is 5.66. The van der Waals surface area contributed by atoms with E-state index in [0.29, 0.717) is 44.4 Å². The number of hydrogen-bond acceptors (Lipinski definition) is 7. The number of carboxylic acids is 1. The Kier molecular flexibility index (Phi) is 16.6. The van der Waals surface area contributed by atoms with E-state index in [2.05, 4.69) is 20.9 Å². The lowest BCUT2D eigenvalue weighted by Crippen LogP contribution is -2.58. The number of amides is 3. The number of thioether (sulfide) groups is 1. The van der Waals surface area contributed by atoms with Crippen molar-refractivity contribution in [3.05, 3.63) is 0 Å². The van der Waals surface area contributed by atoms with Crippen molar-refractivity contribution in [3.8, 4) is 0 Å². The predicted octanol–water partition coefficient (Wildman–Crippen LogP) is -0.248. The molecule has 5 unspecified atom stereocenters. The molecule has 13 heteroatoms. The smallest absolute Gasteiger partial charge is 0.326 e. The second-order valence-electron chi connectivity index (χ2n) is 9.30. The molecule has 0 aliphatic heterocycles. The van der Waals surface area contributed by atoms with Gasteiger partial charge in [0.1, 0.15) is 18.1 Å². The number of carbonyl (C=O) groups excluding carboxylic acids is 3. The van der Waals surface area contributed by atoms with Crippen molar-refractivity contribution >= 4 is 41.4 Å². The monoisotopic (exact) mass is 531 g/mol. The van der Waals surface area contributed by atoms with Crippen molar-refractivity contribution in [2.75, 3.05) is 18.6 Å². The molecule has 0 radical (unpaired) electrons. The van der Waals surface area contributed by atoms with Crippen LogP contribution in [0.1, 0.15) is 59.8 Å². The summed E-state index contributed by atoms with van der Waals surface area (Å²) in [6.07, 6.45) is 3.89. The molecule has 0 spiro atoms. The number of hydrogen-bond donors (Lipinski definition) is 7. The van der Waals surface area contributed by atoms with Gasteiger partial charge in [0, 0.05) is 6.54 Å². The average Bonchev–Trinajstić information content (AvgIpc) is 2.80. The van der Waals surface area contributed by atoms with Gasteiger partial charge in [-0.05, 0) is 49.5 Å². The maximum atomic E-state index is 13.1. The highest BCUT2D eigenvalue weighted by Crippen LogP contribution is 2.11.